The molecular formula is C18H21N3O. The lowest BCUT2D eigenvalue weighted by molar-refractivity contribution is 0.181. The van der Waals surface area contributed by atoms with E-state index in [1.165, 1.54) is 5.56 Å². The number of hydrogen-bond acceptors (Lipinski definition) is 2. The van der Waals surface area contributed by atoms with E-state index in [1.54, 1.807) is 0 Å². The Bertz CT molecular complexity index is 592. The third-order valence-corrected chi connectivity index (χ3v) is 4.25. The van der Waals surface area contributed by atoms with Crippen LogP contribution in [0.25, 0.3) is 0 Å². The molecule has 22 heavy (non-hydrogen) atoms. The van der Waals surface area contributed by atoms with E-state index in [0.717, 1.165) is 31.5 Å². The molecule has 2 aromatic rings. The molecule has 0 aliphatic carbocycles. The highest BCUT2D eigenvalue weighted by molar-refractivity contribution is 5.74. The molecule has 0 atom stereocenters. The van der Waals surface area contributed by atoms with Crippen LogP contribution in [0.3, 0.4) is 0 Å². The van der Waals surface area contributed by atoms with E-state index in [0.29, 0.717) is 12.5 Å². The second kappa shape index (κ2) is 7.07. The molecular weight excluding hydrogens is 274 g/mol. The standard InChI is InChI=1S/C18H21N3O/c22-18(20-14-15-4-2-1-3-5-15)21-12-8-17(9-13-21)16-6-10-19-11-7-16/h1-7,10-11,17H,8-9,12-14H2,(H,20,22). The molecule has 0 saturated carbocycles. The molecule has 1 N–H and O–H groups in total. The van der Waals surface area contributed by atoms with Crippen LogP contribution in [0, 0.1) is 0 Å². The molecule has 0 radical (unpaired) electrons. The first kappa shape index (κ1) is 14.6. The van der Waals surface area contributed by atoms with Crippen LogP contribution in [0.4, 0.5) is 4.79 Å². The maximum Gasteiger partial charge on any atom is 0.317 e. The molecule has 0 unspecified atom stereocenters. The predicted molar refractivity (Wildman–Crippen MR) is 86.5 cm³/mol. The van der Waals surface area contributed by atoms with E-state index in [2.05, 4.69) is 22.4 Å². The maximum atomic E-state index is 12.2. The van der Waals surface area contributed by atoms with Crippen molar-refractivity contribution in [2.45, 2.75) is 25.3 Å². The number of carbonyl (C=O) groups excluding carboxylic acids is 1. The third-order valence-electron chi connectivity index (χ3n) is 4.25. The normalized spacial score (nSPS) is 15.5. The van der Waals surface area contributed by atoms with Crippen LogP contribution in [0.5, 0.6) is 0 Å². The third kappa shape index (κ3) is 3.64. The van der Waals surface area contributed by atoms with Crippen LogP contribution in [-0.4, -0.2) is 29.0 Å². The lowest BCUT2D eigenvalue weighted by Crippen LogP contribution is -2.43. The quantitative estimate of drug-likeness (QED) is 0.945. The highest BCUT2D eigenvalue weighted by atomic mass is 16.2. The second-order valence-electron chi connectivity index (χ2n) is 5.69. The van der Waals surface area contributed by atoms with Gasteiger partial charge in [-0.2, -0.15) is 0 Å². The molecule has 1 aliphatic rings. The van der Waals surface area contributed by atoms with Gasteiger partial charge in [0.15, 0.2) is 0 Å². The van der Waals surface area contributed by atoms with Crippen LogP contribution in [0.1, 0.15) is 29.9 Å². The Morgan fingerprint density at radius 1 is 1.09 bits per heavy atom. The smallest absolute Gasteiger partial charge is 0.317 e. The first-order valence-corrected chi connectivity index (χ1v) is 7.79. The number of likely N-dealkylation sites (tertiary alicyclic amines) is 1. The van der Waals surface area contributed by atoms with E-state index in [9.17, 15) is 4.79 Å². The number of piperidine rings is 1. The number of amides is 2. The van der Waals surface area contributed by atoms with Gasteiger partial charge >= 0.3 is 6.03 Å². The molecule has 3 rings (SSSR count). The van der Waals surface area contributed by atoms with Gasteiger partial charge in [-0.05, 0) is 42.0 Å². The number of nitrogens with zero attached hydrogens (tertiary/aromatic N) is 2. The Balaban J connectivity index is 1.48. The fourth-order valence-electron chi connectivity index (χ4n) is 2.94. The van der Waals surface area contributed by atoms with Crippen molar-refractivity contribution in [3.8, 4) is 0 Å². The number of nitrogens with one attached hydrogen (secondary N) is 1. The van der Waals surface area contributed by atoms with Crippen molar-refractivity contribution < 1.29 is 4.79 Å². The summed E-state index contributed by atoms with van der Waals surface area (Å²) in [6.07, 6.45) is 5.72. The molecule has 0 spiro atoms. The molecule has 2 amide bonds. The summed E-state index contributed by atoms with van der Waals surface area (Å²) in [5.41, 5.74) is 2.46. The van der Waals surface area contributed by atoms with Crippen LogP contribution in [0.15, 0.2) is 54.9 Å². The van der Waals surface area contributed by atoms with Crippen LogP contribution >= 0.6 is 0 Å². The molecule has 114 valence electrons. The minimum atomic E-state index is 0.0389. The molecule has 2 heterocycles. The monoisotopic (exact) mass is 295 g/mol. The first-order valence-electron chi connectivity index (χ1n) is 7.79. The number of benzene rings is 1. The van der Waals surface area contributed by atoms with Gasteiger partial charge in [0.1, 0.15) is 0 Å². The number of urea groups is 1. The maximum absolute atomic E-state index is 12.2. The van der Waals surface area contributed by atoms with Crippen LogP contribution in [0.2, 0.25) is 0 Å². The highest BCUT2D eigenvalue weighted by Crippen LogP contribution is 2.27. The lowest BCUT2D eigenvalue weighted by atomic mass is 9.90. The lowest BCUT2D eigenvalue weighted by Gasteiger charge is -2.32. The number of hydrogen-bond donors (Lipinski definition) is 1. The molecule has 1 aromatic heterocycles. The van der Waals surface area contributed by atoms with Gasteiger partial charge in [-0.1, -0.05) is 30.3 Å². The molecule has 0 bridgehead atoms. The van der Waals surface area contributed by atoms with Crippen molar-refractivity contribution in [3.63, 3.8) is 0 Å². The zero-order chi connectivity index (χ0) is 15.2. The van der Waals surface area contributed by atoms with Crippen molar-refractivity contribution in [3.05, 3.63) is 66.0 Å². The summed E-state index contributed by atoms with van der Waals surface area (Å²) in [7, 11) is 0. The number of aromatic nitrogens is 1. The van der Waals surface area contributed by atoms with Crippen molar-refractivity contribution in [1.29, 1.82) is 0 Å². The van der Waals surface area contributed by atoms with Gasteiger partial charge in [0.2, 0.25) is 0 Å². The summed E-state index contributed by atoms with van der Waals surface area (Å²) in [6.45, 7) is 2.21. The average molecular weight is 295 g/mol. The van der Waals surface area contributed by atoms with Gasteiger partial charge in [-0.25, -0.2) is 4.79 Å². The van der Waals surface area contributed by atoms with E-state index >= 15 is 0 Å². The van der Waals surface area contributed by atoms with Gasteiger partial charge in [-0.15, -0.1) is 0 Å². The highest BCUT2D eigenvalue weighted by Gasteiger charge is 2.23. The van der Waals surface area contributed by atoms with Crippen molar-refractivity contribution in [2.75, 3.05) is 13.1 Å². The number of rotatable bonds is 3. The summed E-state index contributed by atoms with van der Waals surface area (Å²) in [4.78, 5) is 18.2. The molecule has 1 aromatic carbocycles. The minimum Gasteiger partial charge on any atom is -0.334 e. The summed E-state index contributed by atoms with van der Waals surface area (Å²) >= 11 is 0. The van der Waals surface area contributed by atoms with Gasteiger partial charge < -0.3 is 10.2 Å². The molecule has 1 fully saturated rings. The Morgan fingerprint density at radius 2 is 1.77 bits per heavy atom. The topological polar surface area (TPSA) is 45.2 Å². The average Bonchev–Trinajstić information content (AvgIpc) is 2.61. The number of pyridine rings is 1. The van der Waals surface area contributed by atoms with Crippen LogP contribution in [-0.2, 0) is 6.54 Å². The van der Waals surface area contributed by atoms with Crippen molar-refractivity contribution in [2.24, 2.45) is 0 Å². The fourth-order valence-corrected chi connectivity index (χ4v) is 2.94. The zero-order valence-electron chi connectivity index (χ0n) is 12.6. The summed E-state index contributed by atoms with van der Waals surface area (Å²) in [6, 6.07) is 14.2. The minimum absolute atomic E-state index is 0.0389. The molecule has 1 aliphatic heterocycles. The summed E-state index contributed by atoms with van der Waals surface area (Å²) in [5, 5.41) is 3.00. The van der Waals surface area contributed by atoms with Gasteiger partial charge in [0.25, 0.3) is 0 Å². The Labute approximate surface area is 131 Å². The van der Waals surface area contributed by atoms with E-state index in [1.807, 2.05) is 47.6 Å². The SMILES string of the molecule is O=C(NCc1ccccc1)N1CCC(c2ccncc2)CC1. The zero-order valence-corrected chi connectivity index (χ0v) is 12.6. The predicted octanol–water partition coefficient (Wildman–Crippen LogP) is 3.17. The van der Waals surface area contributed by atoms with E-state index in [4.69, 9.17) is 0 Å². The van der Waals surface area contributed by atoms with Gasteiger partial charge in [-0.3, -0.25) is 4.98 Å². The van der Waals surface area contributed by atoms with Crippen LogP contribution < -0.4 is 5.32 Å². The van der Waals surface area contributed by atoms with Gasteiger partial charge in [0, 0.05) is 32.0 Å². The fraction of sp³-hybridized carbons (Fsp3) is 0.333. The summed E-state index contributed by atoms with van der Waals surface area (Å²) < 4.78 is 0. The molecule has 4 heteroatoms. The Kier molecular flexibility index (Phi) is 4.68. The van der Waals surface area contributed by atoms with E-state index in [-0.39, 0.29) is 6.03 Å². The van der Waals surface area contributed by atoms with Crippen molar-refractivity contribution in [1.82, 2.24) is 15.2 Å². The molecule has 1 saturated heterocycles. The Hall–Kier alpha value is -2.36. The Morgan fingerprint density at radius 3 is 2.45 bits per heavy atom. The largest absolute Gasteiger partial charge is 0.334 e. The summed E-state index contributed by atoms with van der Waals surface area (Å²) in [5.74, 6) is 0.543. The first-order chi connectivity index (χ1) is 10.8. The van der Waals surface area contributed by atoms with E-state index < -0.39 is 0 Å². The number of carbonyl (C=O) groups is 1. The van der Waals surface area contributed by atoms with Crippen molar-refractivity contribution >= 4 is 6.03 Å². The van der Waals surface area contributed by atoms with Gasteiger partial charge in [0.05, 0.1) is 0 Å². The second-order valence-corrected chi connectivity index (χ2v) is 5.69. The molecule has 4 nitrogen and oxygen atoms in total.